The number of esters is 1. The number of aromatic nitrogens is 1. The van der Waals surface area contributed by atoms with Crippen LogP contribution in [0.5, 0.6) is 0 Å². The summed E-state index contributed by atoms with van der Waals surface area (Å²) >= 11 is 5.97. The summed E-state index contributed by atoms with van der Waals surface area (Å²) in [5.74, 6) is -0.542. The first kappa shape index (κ1) is 14.3. The lowest BCUT2D eigenvalue weighted by atomic mass is 10.0. The lowest BCUT2D eigenvalue weighted by Crippen LogP contribution is -2.20. The molecule has 0 saturated carbocycles. The number of ether oxygens (including phenoxy) is 1. The summed E-state index contributed by atoms with van der Waals surface area (Å²) in [5, 5.41) is 1.08. The largest absolute Gasteiger partial charge is 0.458 e. The number of carbonyl (C=O) groups excluding carboxylic acids is 1. The van der Waals surface area contributed by atoms with Crippen molar-refractivity contribution in [1.29, 1.82) is 0 Å². The van der Waals surface area contributed by atoms with E-state index in [0.717, 1.165) is 0 Å². The van der Waals surface area contributed by atoms with Crippen LogP contribution in [0, 0.1) is 0 Å². The van der Waals surface area contributed by atoms with Gasteiger partial charge in [-0.15, -0.1) is 0 Å². The molecular formula is C15H14ClNO3. The van der Waals surface area contributed by atoms with Gasteiger partial charge in [0.1, 0.15) is 6.61 Å². The van der Waals surface area contributed by atoms with Crippen molar-refractivity contribution < 1.29 is 9.53 Å². The van der Waals surface area contributed by atoms with E-state index in [1.807, 2.05) is 6.92 Å². The average molecular weight is 292 g/mol. The minimum Gasteiger partial charge on any atom is -0.458 e. The summed E-state index contributed by atoms with van der Waals surface area (Å²) in [7, 11) is 0. The van der Waals surface area contributed by atoms with Gasteiger partial charge in [-0.05, 0) is 24.6 Å². The van der Waals surface area contributed by atoms with Gasteiger partial charge < -0.3 is 9.72 Å². The standard InChI is InChI=1S/C15H14ClNO3/c1-3-7-20-15(19)13-10(4-2)14(18)17-12-6-5-9(16)8-11(12)13/h3,5-6,8H,1,4,7H2,2H3,(H,17,18). The van der Waals surface area contributed by atoms with Crippen molar-refractivity contribution >= 4 is 28.5 Å². The van der Waals surface area contributed by atoms with E-state index in [-0.39, 0.29) is 17.7 Å². The molecule has 1 aromatic carbocycles. The van der Waals surface area contributed by atoms with Crippen LogP contribution < -0.4 is 5.56 Å². The zero-order chi connectivity index (χ0) is 14.7. The van der Waals surface area contributed by atoms with E-state index in [1.54, 1.807) is 18.2 Å². The molecule has 0 atom stereocenters. The normalized spacial score (nSPS) is 10.5. The Morgan fingerprint density at radius 1 is 1.50 bits per heavy atom. The van der Waals surface area contributed by atoms with Gasteiger partial charge in [-0.3, -0.25) is 4.79 Å². The number of pyridine rings is 1. The van der Waals surface area contributed by atoms with E-state index < -0.39 is 5.97 Å². The van der Waals surface area contributed by atoms with Gasteiger partial charge in [-0.2, -0.15) is 0 Å². The van der Waals surface area contributed by atoms with Gasteiger partial charge in [0.15, 0.2) is 0 Å². The molecule has 104 valence electrons. The van der Waals surface area contributed by atoms with Gasteiger partial charge in [0.2, 0.25) is 0 Å². The average Bonchev–Trinajstić information content (AvgIpc) is 2.43. The highest BCUT2D eigenvalue weighted by atomic mass is 35.5. The van der Waals surface area contributed by atoms with Crippen LogP contribution in [0.25, 0.3) is 10.9 Å². The lowest BCUT2D eigenvalue weighted by Gasteiger charge is -2.10. The first-order chi connectivity index (χ1) is 9.58. The van der Waals surface area contributed by atoms with Gasteiger partial charge >= 0.3 is 5.97 Å². The number of rotatable bonds is 4. The molecular weight excluding hydrogens is 278 g/mol. The molecule has 0 fully saturated rings. The molecule has 1 N–H and O–H groups in total. The summed E-state index contributed by atoms with van der Waals surface area (Å²) in [5.41, 5.74) is 0.944. The molecule has 0 aliphatic carbocycles. The van der Waals surface area contributed by atoms with E-state index in [4.69, 9.17) is 16.3 Å². The van der Waals surface area contributed by atoms with E-state index >= 15 is 0 Å². The lowest BCUT2D eigenvalue weighted by molar-refractivity contribution is 0.0550. The van der Waals surface area contributed by atoms with Gasteiger partial charge in [-0.1, -0.05) is 31.2 Å². The Morgan fingerprint density at radius 2 is 2.25 bits per heavy atom. The Morgan fingerprint density at radius 3 is 2.90 bits per heavy atom. The van der Waals surface area contributed by atoms with Crippen LogP contribution in [-0.2, 0) is 11.2 Å². The predicted octanol–water partition coefficient (Wildman–Crippen LogP) is 3.09. The zero-order valence-corrected chi connectivity index (χ0v) is 11.8. The maximum Gasteiger partial charge on any atom is 0.339 e. The van der Waals surface area contributed by atoms with Crippen LogP contribution in [0.2, 0.25) is 5.02 Å². The highest BCUT2D eigenvalue weighted by molar-refractivity contribution is 6.31. The highest BCUT2D eigenvalue weighted by Gasteiger charge is 2.19. The fraction of sp³-hybridized carbons (Fsp3) is 0.200. The number of fused-ring (bicyclic) bond motifs is 1. The maximum absolute atomic E-state index is 12.2. The van der Waals surface area contributed by atoms with Crippen LogP contribution in [-0.4, -0.2) is 17.6 Å². The van der Waals surface area contributed by atoms with Gasteiger partial charge in [0, 0.05) is 21.5 Å². The van der Waals surface area contributed by atoms with Crippen molar-refractivity contribution in [2.75, 3.05) is 6.61 Å². The van der Waals surface area contributed by atoms with E-state index in [0.29, 0.717) is 27.9 Å². The topological polar surface area (TPSA) is 59.2 Å². The number of carbonyl (C=O) groups is 1. The molecule has 2 rings (SSSR count). The smallest absolute Gasteiger partial charge is 0.339 e. The molecule has 0 bridgehead atoms. The molecule has 0 aliphatic rings. The molecule has 1 aromatic heterocycles. The minimum atomic E-state index is -0.542. The van der Waals surface area contributed by atoms with E-state index in [1.165, 1.54) is 6.08 Å². The molecule has 4 nitrogen and oxygen atoms in total. The third kappa shape index (κ3) is 2.60. The first-order valence-corrected chi connectivity index (χ1v) is 6.58. The molecule has 0 unspecified atom stereocenters. The quantitative estimate of drug-likeness (QED) is 0.695. The molecule has 20 heavy (non-hydrogen) atoms. The van der Waals surface area contributed by atoms with Crippen molar-refractivity contribution in [3.8, 4) is 0 Å². The summed E-state index contributed by atoms with van der Waals surface area (Å²) in [6, 6.07) is 4.98. The number of nitrogens with one attached hydrogen (secondary N) is 1. The number of benzene rings is 1. The summed E-state index contributed by atoms with van der Waals surface area (Å²) in [4.78, 5) is 27.0. The van der Waals surface area contributed by atoms with Gasteiger partial charge in [0.05, 0.1) is 5.56 Å². The molecule has 0 aliphatic heterocycles. The number of hydrogen-bond acceptors (Lipinski definition) is 3. The molecule has 0 spiro atoms. The fourth-order valence-corrected chi connectivity index (χ4v) is 2.26. The molecule has 0 amide bonds. The van der Waals surface area contributed by atoms with Gasteiger partial charge in [0.25, 0.3) is 5.56 Å². The Hall–Kier alpha value is -2.07. The van der Waals surface area contributed by atoms with Crippen molar-refractivity contribution in [2.24, 2.45) is 0 Å². The predicted molar refractivity (Wildman–Crippen MR) is 79.4 cm³/mol. The zero-order valence-electron chi connectivity index (χ0n) is 11.0. The second-order valence-electron chi connectivity index (χ2n) is 4.24. The van der Waals surface area contributed by atoms with E-state index in [2.05, 4.69) is 11.6 Å². The Kier molecular flexibility index (Phi) is 4.25. The SMILES string of the molecule is C=CCOC(=O)c1c(CC)c(=O)[nH]c2ccc(Cl)cc12. The van der Waals surface area contributed by atoms with Crippen LogP contribution >= 0.6 is 11.6 Å². The number of H-pyrrole nitrogens is 1. The monoisotopic (exact) mass is 291 g/mol. The van der Waals surface area contributed by atoms with Crippen LogP contribution in [0.4, 0.5) is 0 Å². The van der Waals surface area contributed by atoms with Crippen LogP contribution in [0.3, 0.4) is 0 Å². The highest BCUT2D eigenvalue weighted by Crippen LogP contribution is 2.23. The summed E-state index contributed by atoms with van der Waals surface area (Å²) in [6.07, 6.45) is 1.90. The second kappa shape index (κ2) is 5.92. The third-order valence-electron chi connectivity index (χ3n) is 2.96. The molecule has 5 heteroatoms. The molecule has 1 heterocycles. The van der Waals surface area contributed by atoms with Crippen molar-refractivity contribution in [3.63, 3.8) is 0 Å². The first-order valence-electron chi connectivity index (χ1n) is 6.21. The summed E-state index contributed by atoms with van der Waals surface area (Å²) < 4.78 is 5.07. The molecule has 0 saturated heterocycles. The number of aromatic amines is 1. The van der Waals surface area contributed by atoms with Crippen LogP contribution in [0.1, 0.15) is 22.8 Å². The Labute approximate surface area is 121 Å². The molecule has 2 aromatic rings. The van der Waals surface area contributed by atoms with Crippen molar-refractivity contribution in [1.82, 2.24) is 4.98 Å². The maximum atomic E-state index is 12.2. The van der Waals surface area contributed by atoms with Crippen LogP contribution in [0.15, 0.2) is 35.6 Å². The van der Waals surface area contributed by atoms with Gasteiger partial charge in [-0.25, -0.2) is 4.79 Å². The molecule has 0 radical (unpaired) electrons. The Balaban J connectivity index is 2.75. The summed E-state index contributed by atoms with van der Waals surface area (Å²) in [6.45, 7) is 5.40. The second-order valence-corrected chi connectivity index (χ2v) is 4.67. The van der Waals surface area contributed by atoms with E-state index in [9.17, 15) is 9.59 Å². The fourth-order valence-electron chi connectivity index (χ4n) is 2.08. The Bertz CT molecular complexity index is 734. The minimum absolute atomic E-state index is 0.0941. The number of halogens is 1. The van der Waals surface area contributed by atoms with Crippen molar-refractivity contribution in [2.45, 2.75) is 13.3 Å². The third-order valence-corrected chi connectivity index (χ3v) is 3.20. The number of hydrogen-bond donors (Lipinski definition) is 1. The van der Waals surface area contributed by atoms with Crippen molar-refractivity contribution in [3.05, 3.63) is 57.4 Å².